The van der Waals surface area contributed by atoms with Gasteiger partial charge in [0.05, 0.1) is 0 Å². The number of carbonyl (C=O) groups excluding carboxylic acids is 1. The molecule has 1 saturated heterocycles. The average molecular weight is 294 g/mol. The van der Waals surface area contributed by atoms with Gasteiger partial charge in [-0.15, -0.1) is 0 Å². The second kappa shape index (κ2) is 4.85. The lowest BCUT2D eigenvalue weighted by atomic mass is 10.2. The molecule has 1 aliphatic heterocycles. The van der Waals surface area contributed by atoms with Gasteiger partial charge in [0.15, 0.2) is 0 Å². The van der Waals surface area contributed by atoms with Crippen LogP contribution >= 0.6 is 11.6 Å². The molecule has 1 aliphatic rings. The average Bonchev–Trinajstić information content (AvgIpc) is 2.70. The lowest BCUT2D eigenvalue weighted by Gasteiger charge is -2.15. The number of carbonyl (C=O) groups is 1. The van der Waals surface area contributed by atoms with E-state index in [9.17, 15) is 22.4 Å². The third kappa shape index (κ3) is 2.73. The maximum absolute atomic E-state index is 12.7. The van der Waals surface area contributed by atoms with Gasteiger partial charge in [0, 0.05) is 17.8 Å². The monoisotopic (exact) mass is 293 g/mol. The Morgan fingerprint density at radius 3 is 2.32 bits per heavy atom. The van der Waals surface area contributed by atoms with Crippen molar-refractivity contribution < 1.29 is 22.4 Å². The number of hydrogen-bond acceptors (Lipinski definition) is 1. The minimum atomic E-state index is -4.73. The Kier molecular flexibility index (Phi) is 3.54. The van der Waals surface area contributed by atoms with E-state index >= 15 is 0 Å². The predicted molar refractivity (Wildman–Crippen MR) is 62.3 cm³/mol. The van der Waals surface area contributed by atoms with Gasteiger partial charge in [0.25, 0.3) is 5.91 Å². The second-order valence-corrected chi connectivity index (χ2v) is 4.35. The van der Waals surface area contributed by atoms with Crippen molar-refractivity contribution in [2.24, 2.45) is 0 Å². The van der Waals surface area contributed by atoms with Crippen molar-refractivity contribution in [2.45, 2.75) is 12.6 Å². The molecule has 1 aromatic carbocycles. The van der Waals surface area contributed by atoms with Crippen molar-refractivity contribution in [1.29, 1.82) is 0 Å². The smallest absolute Gasteiger partial charge is 0.308 e. The highest BCUT2D eigenvalue weighted by atomic mass is 35.5. The van der Waals surface area contributed by atoms with Crippen molar-refractivity contribution in [1.82, 2.24) is 0 Å². The Labute approximate surface area is 111 Å². The van der Waals surface area contributed by atoms with Crippen LogP contribution in [0.5, 0.6) is 0 Å². The van der Waals surface area contributed by atoms with Crippen LogP contribution in [0.25, 0.3) is 0 Å². The van der Waals surface area contributed by atoms with Crippen LogP contribution in [-0.2, 0) is 4.79 Å². The Hall–Kier alpha value is -1.56. The minimum Gasteiger partial charge on any atom is -0.308 e. The van der Waals surface area contributed by atoms with Crippen LogP contribution in [0.1, 0.15) is 6.42 Å². The van der Waals surface area contributed by atoms with Gasteiger partial charge in [-0.25, -0.2) is 4.39 Å². The Morgan fingerprint density at radius 2 is 1.79 bits per heavy atom. The van der Waals surface area contributed by atoms with E-state index < -0.39 is 28.5 Å². The molecule has 0 atom stereocenters. The fourth-order valence-electron chi connectivity index (χ4n) is 1.84. The van der Waals surface area contributed by atoms with E-state index in [1.807, 2.05) is 0 Å². The Morgan fingerprint density at radius 1 is 1.21 bits per heavy atom. The first-order valence-electron chi connectivity index (χ1n) is 5.34. The number of nitrogens with zero attached hydrogens (tertiary/aromatic N) is 1. The van der Waals surface area contributed by atoms with Gasteiger partial charge in [0.2, 0.25) is 0 Å². The Bertz CT molecular complexity index is 536. The zero-order valence-electron chi connectivity index (χ0n) is 9.47. The lowest BCUT2D eigenvalue weighted by Crippen LogP contribution is -2.25. The first-order valence-corrected chi connectivity index (χ1v) is 5.72. The van der Waals surface area contributed by atoms with Gasteiger partial charge in [-0.3, -0.25) is 4.79 Å². The first kappa shape index (κ1) is 13.9. The number of hydrogen-bond donors (Lipinski definition) is 0. The van der Waals surface area contributed by atoms with Gasteiger partial charge in [-0.2, -0.15) is 13.2 Å². The highest BCUT2D eigenvalue weighted by Crippen LogP contribution is 2.36. The number of alkyl halides is 3. The van der Waals surface area contributed by atoms with Crippen LogP contribution in [0, 0.1) is 5.82 Å². The normalized spacial score (nSPS) is 19.0. The molecule has 1 fully saturated rings. The van der Waals surface area contributed by atoms with E-state index in [2.05, 4.69) is 0 Å². The largest absolute Gasteiger partial charge is 0.427 e. The molecule has 19 heavy (non-hydrogen) atoms. The van der Waals surface area contributed by atoms with Gasteiger partial charge < -0.3 is 4.90 Å². The number of rotatable bonds is 1. The zero-order valence-corrected chi connectivity index (χ0v) is 10.2. The highest BCUT2D eigenvalue weighted by Gasteiger charge is 2.40. The van der Waals surface area contributed by atoms with Crippen LogP contribution < -0.4 is 4.90 Å². The van der Waals surface area contributed by atoms with Crippen molar-refractivity contribution in [2.75, 3.05) is 11.4 Å². The molecule has 0 saturated carbocycles. The summed E-state index contributed by atoms with van der Waals surface area (Å²) >= 11 is 5.18. The lowest BCUT2D eigenvalue weighted by molar-refractivity contribution is -0.115. The SMILES string of the molecule is O=C1/C(=C(\Cl)C(F)(F)F)CCN1c1ccc(F)cc1. The van der Waals surface area contributed by atoms with Crippen LogP contribution in [-0.4, -0.2) is 18.6 Å². The summed E-state index contributed by atoms with van der Waals surface area (Å²) in [5.74, 6) is -1.28. The van der Waals surface area contributed by atoms with Crippen molar-refractivity contribution >= 4 is 23.2 Å². The van der Waals surface area contributed by atoms with Crippen LogP contribution in [0.3, 0.4) is 0 Å². The molecule has 102 valence electrons. The van der Waals surface area contributed by atoms with E-state index in [-0.39, 0.29) is 13.0 Å². The molecule has 0 radical (unpaired) electrons. The van der Waals surface area contributed by atoms with Gasteiger partial charge in [-0.05, 0) is 30.7 Å². The minimum absolute atomic E-state index is 0.0887. The summed E-state index contributed by atoms with van der Waals surface area (Å²) in [6, 6.07) is 4.93. The number of halogens is 5. The van der Waals surface area contributed by atoms with Crippen LogP contribution in [0.2, 0.25) is 0 Å². The summed E-state index contributed by atoms with van der Waals surface area (Å²) in [4.78, 5) is 13.0. The van der Waals surface area contributed by atoms with Gasteiger partial charge in [-0.1, -0.05) is 11.6 Å². The van der Waals surface area contributed by atoms with E-state index in [1.165, 1.54) is 12.1 Å². The molecule has 1 heterocycles. The topological polar surface area (TPSA) is 20.3 Å². The molecule has 1 aromatic rings. The summed E-state index contributed by atoms with van der Waals surface area (Å²) < 4.78 is 50.1. The molecule has 0 spiro atoms. The molecular weight excluding hydrogens is 286 g/mol. The quantitative estimate of drug-likeness (QED) is 0.572. The number of benzene rings is 1. The summed E-state index contributed by atoms with van der Waals surface area (Å²) in [5.41, 5.74) is -0.119. The molecular formula is C12H8ClF4NO. The van der Waals surface area contributed by atoms with Gasteiger partial charge in [0.1, 0.15) is 10.8 Å². The predicted octanol–water partition coefficient (Wildman–Crippen LogP) is 3.62. The molecule has 1 amide bonds. The second-order valence-electron chi connectivity index (χ2n) is 3.97. The molecule has 0 aliphatic carbocycles. The number of anilines is 1. The highest BCUT2D eigenvalue weighted by molar-refractivity contribution is 6.33. The molecule has 0 aromatic heterocycles. The molecule has 2 rings (SSSR count). The van der Waals surface area contributed by atoms with E-state index in [1.54, 1.807) is 0 Å². The van der Waals surface area contributed by atoms with E-state index in [0.717, 1.165) is 17.0 Å². The summed E-state index contributed by atoms with van der Waals surface area (Å²) in [6.45, 7) is 0.0894. The zero-order chi connectivity index (χ0) is 14.2. The fraction of sp³-hybridized carbons (Fsp3) is 0.250. The summed E-state index contributed by atoms with van der Waals surface area (Å²) in [6.07, 6.45) is -4.82. The van der Waals surface area contributed by atoms with E-state index in [0.29, 0.717) is 5.69 Å². The Balaban J connectivity index is 2.31. The van der Waals surface area contributed by atoms with Crippen molar-refractivity contribution in [3.05, 3.63) is 40.7 Å². The number of amides is 1. The van der Waals surface area contributed by atoms with Crippen molar-refractivity contribution in [3.8, 4) is 0 Å². The standard InChI is InChI=1S/C12H8ClF4NO/c13-10(12(15,16)17)9-5-6-18(11(9)19)8-3-1-7(14)2-4-8/h1-4H,5-6H2/b10-9-. The third-order valence-electron chi connectivity index (χ3n) is 2.74. The van der Waals surface area contributed by atoms with Gasteiger partial charge >= 0.3 is 6.18 Å². The molecule has 7 heteroatoms. The van der Waals surface area contributed by atoms with Crippen LogP contribution in [0.15, 0.2) is 34.9 Å². The number of allylic oxidation sites excluding steroid dienone is 1. The summed E-state index contributed by atoms with van der Waals surface area (Å²) in [7, 11) is 0. The summed E-state index contributed by atoms with van der Waals surface area (Å²) in [5, 5.41) is -1.39. The molecule has 0 bridgehead atoms. The van der Waals surface area contributed by atoms with Crippen molar-refractivity contribution in [3.63, 3.8) is 0 Å². The first-order chi connectivity index (χ1) is 8.80. The fourth-order valence-corrected chi connectivity index (χ4v) is 2.01. The molecule has 2 nitrogen and oxygen atoms in total. The molecule has 0 unspecified atom stereocenters. The van der Waals surface area contributed by atoms with E-state index in [4.69, 9.17) is 11.6 Å². The van der Waals surface area contributed by atoms with Crippen LogP contribution in [0.4, 0.5) is 23.2 Å². The maximum Gasteiger partial charge on any atom is 0.427 e. The maximum atomic E-state index is 12.7. The third-order valence-corrected chi connectivity index (χ3v) is 3.18. The molecule has 0 N–H and O–H groups in total.